The molecule has 0 aromatic carbocycles. The van der Waals surface area contributed by atoms with Gasteiger partial charge in [-0.2, -0.15) is 0 Å². The minimum Gasteiger partial charge on any atom is -0.394 e. The van der Waals surface area contributed by atoms with Crippen molar-refractivity contribution in [3.8, 4) is 0 Å². The summed E-state index contributed by atoms with van der Waals surface area (Å²) in [5.74, 6) is 0. The molecule has 0 aromatic heterocycles. The molecule has 3 N–H and O–H groups in total. The maximum atomic E-state index is 9.61. The Bertz CT molecular complexity index is 185. The highest BCUT2D eigenvalue weighted by Gasteiger charge is 2.37. The van der Waals surface area contributed by atoms with Gasteiger partial charge in [-0.15, -0.1) is 0 Å². The molecule has 15 heavy (non-hydrogen) atoms. The summed E-state index contributed by atoms with van der Waals surface area (Å²) in [5, 5.41) is 28.1. The summed E-state index contributed by atoms with van der Waals surface area (Å²) >= 11 is 0. The van der Waals surface area contributed by atoms with Gasteiger partial charge in [0.05, 0.1) is 24.9 Å². The molecular weight excluding hydrogens is 200 g/mol. The van der Waals surface area contributed by atoms with Gasteiger partial charge in [0.2, 0.25) is 0 Å². The molecule has 0 bridgehead atoms. The van der Waals surface area contributed by atoms with Gasteiger partial charge >= 0.3 is 0 Å². The number of hydrogen-bond acceptors (Lipinski definition) is 5. The summed E-state index contributed by atoms with van der Waals surface area (Å²) in [6.45, 7) is 3.65. The van der Waals surface area contributed by atoms with Gasteiger partial charge in [0, 0.05) is 6.42 Å². The molecule has 0 saturated carbocycles. The van der Waals surface area contributed by atoms with E-state index in [4.69, 9.17) is 14.6 Å². The average Bonchev–Trinajstić information content (AvgIpc) is 2.24. The van der Waals surface area contributed by atoms with E-state index >= 15 is 0 Å². The summed E-state index contributed by atoms with van der Waals surface area (Å²) in [6.07, 6.45) is -2.26. The molecule has 90 valence electrons. The first-order valence-electron chi connectivity index (χ1n) is 5.36. The average molecular weight is 220 g/mol. The van der Waals surface area contributed by atoms with Gasteiger partial charge in [-0.05, 0) is 13.3 Å². The van der Waals surface area contributed by atoms with Crippen LogP contribution in [-0.2, 0) is 9.47 Å². The maximum absolute atomic E-state index is 9.61. The number of rotatable bonds is 4. The molecule has 0 amide bonds. The van der Waals surface area contributed by atoms with Gasteiger partial charge in [-0.25, -0.2) is 0 Å². The van der Waals surface area contributed by atoms with Crippen LogP contribution in [-0.4, -0.2) is 52.6 Å². The lowest BCUT2D eigenvalue weighted by atomic mass is 10.0. The molecular formula is C10H20O5. The van der Waals surface area contributed by atoms with Gasteiger partial charge < -0.3 is 24.8 Å². The van der Waals surface area contributed by atoms with E-state index in [1.54, 1.807) is 0 Å². The van der Waals surface area contributed by atoms with Crippen LogP contribution in [0.25, 0.3) is 0 Å². The predicted molar refractivity (Wildman–Crippen MR) is 53.2 cm³/mol. The summed E-state index contributed by atoms with van der Waals surface area (Å²) in [7, 11) is 0. The summed E-state index contributed by atoms with van der Waals surface area (Å²) < 4.78 is 10.7. The largest absolute Gasteiger partial charge is 0.394 e. The zero-order valence-corrected chi connectivity index (χ0v) is 9.17. The van der Waals surface area contributed by atoms with E-state index in [1.165, 1.54) is 0 Å². The molecule has 0 aliphatic carbocycles. The van der Waals surface area contributed by atoms with Crippen molar-refractivity contribution >= 4 is 0 Å². The Kier molecular flexibility index (Phi) is 4.95. The van der Waals surface area contributed by atoms with Crippen molar-refractivity contribution < 1.29 is 24.8 Å². The zero-order valence-electron chi connectivity index (χ0n) is 9.17. The Morgan fingerprint density at radius 3 is 2.67 bits per heavy atom. The van der Waals surface area contributed by atoms with E-state index in [2.05, 4.69) is 0 Å². The van der Waals surface area contributed by atoms with Crippen LogP contribution < -0.4 is 0 Å². The zero-order chi connectivity index (χ0) is 11.4. The highest BCUT2D eigenvalue weighted by atomic mass is 16.7. The fraction of sp³-hybridized carbons (Fsp3) is 1.00. The molecule has 1 rings (SSSR count). The molecule has 5 atom stereocenters. The van der Waals surface area contributed by atoms with Crippen molar-refractivity contribution in [2.45, 2.75) is 57.4 Å². The second-order valence-corrected chi connectivity index (χ2v) is 3.96. The molecule has 5 heteroatoms. The summed E-state index contributed by atoms with van der Waals surface area (Å²) in [6, 6.07) is 0. The predicted octanol–water partition coefficient (Wildman–Crippen LogP) is -0.369. The van der Waals surface area contributed by atoms with Gasteiger partial charge in [0.15, 0.2) is 6.29 Å². The van der Waals surface area contributed by atoms with E-state index in [0.717, 1.165) is 6.42 Å². The van der Waals surface area contributed by atoms with Crippen molar-refractivity contribution in [3.63, 3.8) is 0 Å². The number of hydrogen-bond donors (Lipinski definition) is 3. The molecule has 5 nitrogen and oxygen atoms in total. The van der Waals surface area contributed by atoms with E-state index in [-0.39, 0.29) is 19.1 Å². The fourth-order valence-electron chi connectivity index (χ4n) is 1.47. The van der Waals surface area contributed by atoms with Crippen LogP contribution in [0, 0.1) is 0 Å². The van der Waals surface area contributed by atoms with Crippen LogP contribution in [0.5, 0.6) is 0 Å². The molecule has 1 aliphatic heterocycles. The van der Waals surface area contributed by atoms with Crippen LogP contribution in [0.15, 0.2) is 0 Å². The first kappa shape index (κ1) is 12.9. The highest BCUT2D eigenvalue weighted by molar-refractivity contribution is 4.81. The third-order valence-corrected chi connectivity index (χ3v) is 2.65. The Morgan fingerprint density at radius 2 is 2.13 bits per heavy atom. The standard InChI is InChI=1S/C10H20O5/c1-3-6(2)14-10-9(13)8(12)4-7(5-11)15-10/h6-13H,3-5H2,1-2H3. The molecule has 0 spiro atoms. The molecule has 0 radical (unpaired) electrons. The Morgan fingerprint density at radius 1 is 1.47 bits per heavy atom. The summed E-state index contributed by atoms with van der Waals surface area (Å²) in [4.78, 5) is 0. The molecule has 1 heterocycles. The van der Waals surface area contributed by atoms with Crippen molar-refractivity contribution in [3.05, 3.63) is 0 Å². The summed E-state index contributed by atoms with van der Waals surface area (Å²) in [5.41, 5.74) is 0. The van der Waals surface area contributed by atoms with Crippen LogP contribution in [0.1, 0.15) is 26.7 Å². The Hall–Kier alpha value is -0.200. The Labute approximate surface area is 89.6 Å². The lowest BCUT2D eigenvalue weighted by Gasteiger charge is -2.37. The third kappa shape index (κ3) is 3.39. The quantitative estimate of drug-likeness (QED) is 0.602. The second-order valence-electron chi connectivity index (χ2n) is 3.96. The fourth-order valence-corrected chi connectivity index (χ4v) is 1.47. The van der Waals surface area contributed by atoms with Crippen LogP contribution in [0.2, 0.25) is 0 Å². The smallest absolute Gasteiger partial charge is 0.186 e. The lowest BCUT2D eigenvalue weighted by molar-refractivity contribution is -0.282. The van der Waals surface area contributed by atoms with E-state index in [0.29, 0.717) is 0 Å². The van der Waals surface area contributed by atoms with Gasteiger partial charge in [-0.3, -0.25) is 0 Å². The van der Waals surface area contributed by atoms with Crippen LogP contribution >= 0.6 is 0 Å². The number of aliphatic hydroxyl groups excluding tert-OH is 3. The van der Waals surface area contributed by atoms with Crippen LogP contribution in [0.3, 0.4) is 0 Å². The molecule has 5 unspecified atom stereocenters. The Balaban J connectivity index is 2.52. The monoisotopic (exact) mass is 220 g/mol. The first-order valence-corrected chi connectivity index (χ1v) is 5.36. The normalized spacial score (nSPS) is 39.0. The highest BCUT2D eigenvalue weighted by Crippen LogP contribution is 2.22. The van der Waals surface area contributed by atoms with E-state index < -0.39 is 24.6 Å². The molecule has 1 saturated heterocycles. The first-order chi connectivity index (χ1) is 7.08. The SMILES string of the molecule is CCC(C)OC1OC(CO)CC(O)C1O. The molecule has 1 fully saturated rings. The van der Waals surface area contributed by atoms with Crippen LogP contribution in [0.4, 0.5) is 0 Å². The van der Waals surface area contributed by atoms with Crippen molar-refractivity contribution in [2.24, 2.45) is 0 Å². The number of aliphatic hydroxyl groups is 3. The van der Waals surface area contributed by atoms with E-state index in [9.17, 15) is 10.2 Å². The molecule has 0 aromatic rings. The van der Waals surface area contributed by atoms with Gasteiger partial charge in [0.25, 0.3) is 0 Å². The minimum atomic E-state index is -1.04. The van der Waals surface area contributed by atoms with Gasteiger partial charge in [-0.1, -0.05) is 6.92 Å². The van der Waals surface area contributed by atoms with Crippen molar-refractivity contribution in [1.29, 1.82) is 0 Å². The lowest BCUT2D eigenvalue weighted by Crippen LogP contribution is -2.51. The van der Waals surface area contributed by atoms with Crippen molar-refractivity contribution in [2.75, 3.05) is 6.61 Å². The topological polar surface area (TPSA) is 79.2 Å². The van der Waals surface area contributed by atoms with E-state index in [1.807, 2.05) is 13.8 Å². The minimum absolute atomic E-state index is 0.0470. The molecule has 1 aliphatic rings. The van der Waals surface area contributed by atoms with Gasteiger partial charge in [0.1, 0.15) is 6.10 Å². The maximum Gasteiger partial charge on any atom is 0.186 e. The van der Waals surface area contributed by atoms with Crippen molar-refractivity contribution in [1.82, 2.24) is 0 Å². The number of ether oxygens (including phenoxy) is 2. The second kappa shape index (κ2) is 5.77. The third-order valence-electron chi connectivity index (χ3n) is 2.65.